The Bertz CT molecular complexity index is 1000. The van der Waals surface area contributed by atoms with Crippen LogP contribution in [0.1, 0.15) is 12.8 Å². The number of nitrogens with zero attached hydrogens (tertiary/aromatic N) is 6. The zero-order valence-electron chi connectivity index (χ0n) is 17.5. The van der Waals surface area contributed by atoms with Crippen LogP contribution in [0.3, 0.4) is 0 Å². The Kier molecular flexibility index (Phi) is 6.99. The molecule has 162 valence electrons. The molecule has 1 aromatic carbocycles. The van der Waals surface area contributed by atoms with Gasteiger partial charge in [0.15, 0.2) is 5.96 Å². The normalized spacial score (nSPS) is 14.7. The molecule has 0 spiro atoms. The summed E-state index contributed by atoms with van der Waals surface area (Å²) in [5.74, 6) is 3.04. The molecule has 1 fully saturated rings. The minimum atomic E-state index is 0.541. The number of hydrogen-bond donors (Lipinski definition) is 1. The fraction of sp³-hybridized carbons (Fsp3) is 0.364. The van der Waals surface area contributed by atoms with E-state index in [0.717, 1.165) is 50.1 Å². The summed E-state index contributed by atoms with van der Waals surface area (Å²) in [5, 5.41) is 8.09. The van der Waals surface area contributed by atoms with Gasteiger partial charge in [0.05, 0.1) is 6.54 Å². The topological polar surface area (TPSA) is 82.7 Å². The lowest BCUT2D eigenvalue weighted by molar-refractivity contribution is 0.368. The third-order valence-corrected chi connectivity index (χ3v) is 5.26. The standard InChI is InChI=1S/C22H26ClN7O/c1-2-24-22(30-14-12-29(13-15-30)19-8-3-4-10-25-19)26-11-9-20-27-21(28-31-20)17-6-5-7-18(23)16-17/h3-8,10,16H,2,9,11-15H2,1H3,(H,24,26). The minimum absolute atomic E-state index is 0.541. The molecule has 0 unspecified atom stereocenters. The molecule has 8 nitrogen and oxygen atoms in total. The van der Waals surface area contributed by atoms with Gasteiger partial charge in [0.1, 0.15) is 5.82 Å². The van der Waals surface area contributed by atoms with Crippen LogP contribution in [-0.4, -0.2) is 65.3 Å². The van der Waals surface area contributed by atoms with Crippen molar-refractivity contribution in [2.24, 2.45) is 4.99 Å². The fourth-order valence-electron chi connectivity index (χ4n) is 3.47. The lowest BCUT2D eigenvalue weighted by Gasteiger charge is -2.37. The van der Waals surface area contributed by atoms with Crippen LogP contribution in [0.25, 0.3) is 11.4 Å². The van der Waals surface area contributed by atoms with Crippen molar-refractivity contribution >= 4 is 23.4 Å². The number of benzene rings is 1. The summed E-state index contributed by atoms with van der Waals surface area (Å²) in [6.45, 7) is 7.07. The predicted molar refractivity (Wildman–Crippen MR) is 122 cm³/mol. The molecule has 9 heteroatoms. The number of aliphatic imine (C=N–C) groups is 1. The quantitative estimate of drug-likeness (QED) is 0.466. The monoisotopic (exact) mass is 439 g/mol. The first-order valence-electron chi connectivity index (χ1n) is 10.5. The van der Waals surface area contributed by atoms with E-state index in [-0.39, 0.29) is 0 Å². The van der Waals surface area contributed by atoms with Crippen molar-refractivity contribution in [1.29, 1.82) is 0 Å². The van der Waals surface area contributed by atoms with Gasteiger partial charge in [0, 0.05) is 55.9 Å². The minimum Gasteiger partial charge on any atom is -0.357 e. The van der Waals surface area contributed by atoms with Gasteiger partial charge in [-0.2, -0.15) is 4.98 Å². The summed E-state index contributed by atoms with van der Waals surface area (Å²) in [5.41, 5.74) is 0.838. The van der Waals surface area contributed by atoms with Crippen LogP contribution in [0, 0.1) is 0 Å². The number of nitrogens with one attached hydrogen (secondary N) is 1. The first-order chi connectivity index (χ1) is 15.2. The molecular weight excluding hydrogens is 414 g/mol. The molecule has 3 aromatic rings. The van der Waals surface area contributed by atoms with Crippen LogP contribution < -0.4 is 10.2 Å². The Balaban J connectivity index is 1.33. The van der Waals surface area contributed by atoms with Crippen LogP contribution in [-0.2, 0) is 6.42 Å². The molecule has 0 atom stereocenters. The number of piperazine rings is 1. The molecule has 1 saturated heterocycles. The van der Waals surface area contributed by atoms with Crippen LogP contribution >= 0.6 is 11.6 Å². The average Bonchev–Trinajstić information content (AvgIpc) is 3.28. The molecule has 0 saturated carbocycles. The third-order valence-electron chi connectivity index (χ3n) is 5.03. The van der Waals surface area contributed by atoms with E-state index in [4.69, 9.17) is 21.1 Å². The van der Waals surface area contributed by atoms with Crippen molar-refractivity contribution in [1.82, 2.24) is 25.3 Å². The number of hydrogen-bond acceptors (Lipinski definition) is 6. The molecule has 2 aromatic heterocycles. The third kappa shape index (κ3) is 5.52. The number of guanidine groups is 1. The highest BCUT2D eigenvalue weighted by Crippen LogP contribution is 2.20. The van der Waals surface area contributed by atoms with Crippen molar-refractivity contribution in [3.8, 4) is 11.4 Å². The summed E-state index contributed by atoms with van der Waals surface area (Å²) in [6.07, 6.45) is 2.42. The number of anilines is 1. The maximum absolute atomic E-state index is 6.05. The van der Waals surface area contributed by atoms with Crippen molar-refractivity contribution in [2.75, 3.05) is 44.2 Å². The van der Waals surface area contributed by atoms with E-state index >= 15 is 0 Å². The van der Waals surface area contributed by atoms with Gasteiger partial charge in [-0.1, -0.05) is 35.0 Å². The number of rotatable bonds is 6. The van der Waals surface area contributed by atoms with E-state index in [0.29, 0.717) is 29.7 Å². The summed E-state index contributed by atoms with van der Waals surface area (Å²) in [7, 11) is 0. The highest BCUT2D eigenvalue weighted by molar-refractivity contribution is 6.30. The molecule has 0 aliphatic carbocycles. The number of aromatic nitrogens is 3. The number of halogens is 1. The van der Waals surface area contributed by atoms with Crippen molar-refractivity contribution in [2.45, 2.75) is 13.3 Å². The summed E-state index contributed by atoms with van der Waals surface area (Å²) >= 11 is 6.05. The van der Waals surface area contributed by atoms with Gasteiger partial charge in [-0.25, -0.2) is 4.98 Å². The van der Waals surface area contributed by atoms with E-state index in [1.54, 1.807) is 0 Å². The zero-order chi connectivity index (χ0) is 21.5. The molecule has 1 aliphatic rings. The Hall–Kier alpha value is -3.13. The van der Waals surface area contributed by atoms with Crippen LogP contribution in [0.2, 0.25) is 5.02 Å². The molecule has 3 heterocycles. The number of pyridine rings is 1. The average molecular weight is 440 g/mol. The summed E-state index contributed by atoms with van der Waals surface area (Å²) < 4.78 is 5.39. The lowest BCUT2D eigenvalue weighted by atomic mass is 10.2. The lowest BCUT2D eigenvalue weighted by Crippen LogP contribution is -2.52. The fourth-order valence-corrected chi connectivity index (χ4v) is 3.66. The van der Waals surface area contributed by atoms with Gasteiger partial charge in [0.25, 0.3) is 0 Å². The van der Waals surface area contributed by atoms with Crippen LogP contribution in [0.5, 0.6) is 0 Å². The first-order valence-corrected chi connectivity index (χ1v) is 10.9. The Morgan fingerprint density at radius 1 is 1.16 bits per heavy atom. The maximum Gasteiger partial charge on any atom is 0.228 e. The van der Waals surface area contributed by atoms with E-state index in [9.17, 15) is 0 Å². The Morgan fingerprint density at radius 2 is 2.03 bits per heavy atom. The van der Waals surface area contributed by atoms with Crippen molar-refractivity contribution in [3.63, 3.8) is 0 Å². The molecule has 1 N–H and O–H groups in total. The van der Waals surface area contributed by atoms with Crippen molar-refractivity contribution < 1.29 is 4.52 Å². The molecule has 0 bridgehead atoms. The van der Waals surface area contributed by atoms with Crippen LogP contribution in [0.15, 0.2) is 58.2 Å². The largest absolute Gasteiger partial charge is 0.357 e. The second kappa shape index (κ2) is 10.3. The Labute approximate surface area is 186 Å². The molecule has 4 rings (SSSR count). The van der Waals surface area contributed by atoms with E-state index in [2.05, 4.69) is 43.2 Å². The van der Waals surface area contributed by atoms with Crippen LogP contribution in [0.4, 0.5) is 5.82 Å². The maximum atomic E-state index is 6.05. The molecule has 0 amide bonds. The van der Waals surface area contributed by atoms with Gasteiger partial charge in [-0.15, -0.1) is 0 Å². The highest BCUT2D eigenvalue weighted by atomic mass is 35.5. The summed E-state index contributed by atoms with van der Waals surface area (Å²) in [4.78, 5) is 18.3. The van der Waals surface area contributed by atoms with E-state index in [1.165, 1.54) is 0 Å². The molecule has 0 radical (unpaired) electrons. The summed E-state index contributed by atoms with van der Waals surface area (Å²) in [6, 6.07) is 13.4. The predicted octanol–water partition coefficient (Wildman–Crippen LogP) is 3.12. The van der Waals surface area contributed by atoms with Gasteiger partial charge in [-0.05, 0) is 31.2 Å². The molecule has 31 heavy (non-hydrogen) atoms. The zero-order valence-corrected chi connectivity index (χ0v) is 18.3. The molecular formula is C22H26ClN7O. The van der Waals surface area contributed by atoms with Gasteiger partial charge in [0.2, 0.25) is 11.7 Å². The molecule has 1 aliphatic heterocycles. The van der Waals surface area contributed by atoms with E-state index < -0.39 is 0 Å². The van der Waals surface area contributed by atoms with Gasteiger partial charge in [-0.3, -0.25) is 4.99 Å². The second-order valence-electron chi connectivity index (χ2n) is 7.17. The SMILES string of the molecule is CCNC(=NCCc1nc(-c2cccc(Cl)c2)no1)N1CCN(c2ccccn2)CC1. The second-order valence-corrected chi connectivity index (χ2v) is 7.61. The van der Waals surface area contributed by atoms with Gasteiger partial charge < -0.3 is 19.6 Å². The smallest absolute Gasteiger partial charge is 0.228 e. The first kappa shape index (κ1) is 21.1. The highest BCUT2D eigenvalue weighted by Gasteiger charge is 2.20. The Morgan fingerprint density at radius 3 is 2.77 bits per heavy atom. The van der Waals surface area contributed by atoms with Crippen molar-refractivity contribution in [3.05, 3.63) is 59.6 Å². The van der Waals surface area contributed by atoms with E-state index in [1.807, 2.05) is 42.6 Å². The van der Waals surface area contributed by atoms with Gasteiger partial charge >= 0.3 is 0 Å².